The summed E-state index contributed by atoms with van der Waals surface area (Å²) in [5.41, 5.74) is 0. The molecule has 54 valence electrons. The fourth-order valence-electron chi connectivity index (χ4n) is 0.520. The Balaban J connectivity index is 3.36. The third kappa shape index (κ3) is 5.04. The van der Waals surface area contributed by atoms with E-state index in [4.69, 9.17) is 0 Å². The number of rotatable bonds is 5. The molecule has 10 heavy (non-hydrogen) atoms. The first-order chi connectivity index (χ1) is 4.81. The molecule has 0 amide bonds. The highest BCUT2D eigenvalue weighted by atomic mass is 16.1. The number of hydrogen-bond acceptors (Lipinski definition) is 1. The molecular weight excluding hydrogens is 124 g/mol. The average Bonchev–Trinajstić information content (AvgIpc) is 1.98. The molecule has 0 heterocycles. The van der Waals surface area contributed by atoms with Crippen molar-refractivity contribution in [1.29, 1.82) is 0 Å². The van der Waals surface area contributed by atoms with Gasteiger partial charge in [-0.15, -0.1) is 0 Å². The van der Waals surface area contributed by atoms with E-state index < -0.39 is 0 Å². The molecule has 0 spiro atoms. The van der Waals surface area contributed by atoms with Crippen molar-refractivity contribution >= 4 is 5.78 Å². The Morgan fingerprint density at radius 2 is 2.10 bits per heavy atom. The minimum Gasteiger partial charge on any atom is -0.295 e. The molecule has 0 N–H and O–H groups in total. The number of ketones is 1. The van der Waals surface area contributed by atoms with Crippen molar-refractivity contribution in [1.82, 2.24) is 0 Å². The minimum atomic E-state index is 0.0914. The lowest BCUT2D eigenvalue weighted by Crippen LogP contribution is -1.88. The van der Waals surface area contributed by atoms with Gasteiger partial charge in [0.2, 0.25) is 0 Å². The van der Waals surface area contributed by atoms with Crippen molar-refractivity contribution in [3.8, 4) is 0 Å². The van der Waals surface area contributed by atoms with Crippen molar-refractivity contribution < 1.29 is 4.79 Å². The van der Waals surface area contributed by atoms with Gasteiger partial charge in [0.25, 0.3) is 0 Å². The van der Waals surface area contributed by atoms with Gasteiger partial charge in [0, 0.05) is 6.42 Å². The topological polar surface area (TPSA) is 17.1 Å². The van der Waals surface area contributed by atoms with Gasteiger partial charge in [-0.2, -0.15) is 0 Å². The van der Waals surface area contributed by atoms with Crippen LogP contribution in [0.25, 0.3) is 0 Å². The van der Waals surface area contributed by atoms with E-state index >= 15 is 0 Å². The Hall–Kier alpha value is -1.11. The highest BCUT2D eigenvalue weighted by Gasteiger charge is 1.89. The lowest BCUT2D eigenvalue weighted by molar-refractivity contribution is -0.114. The molecule has 0 fully saturated rings. The zero-order chi connectivity index (χ0) is 7.82. The first-order valence-corrected chi connectivity index (χ1v) is 3.24. The third-order valence-electron chi connectivity index (χ3n) is 1.06. The van der Waals surface area contributed by atoms with Gasteiger partial charge in [-0.05, 0) is 12.5 Å². The normalized spacial score (nSPS) is 9.60. The molecule has 0 rings (SSSR count). The molecular formula is C9H12O. The molecule has 0 aliphatic heterocycles. The van der Waals surface area contributed by atoms with Crippen LogP contribution in [0.15, 0.2) is 37.5 Å². The van der Waals surface area contributed by atoms with Crippen molar-refractivity contribution in [3.05, 3.63) is 37.5 Å². The third-order valence-corrected chi connectivity index (χ3v) is 1.06. The minimum absolute atomic E-state index is 0.0914. The van der Waals surface area contributed by atoms with Crippen LogP contribution < -0.4 is 0 Å². The summed E-state index contributed by atoms with van der Waals surface area (Å²) in [7, 11) is 0. The maximum Gasteiger partial charge on any atom is 0.155 e. The number of allylic oxidation sites excluding steroid dienone is 4. The fourth-order valence-corrected chi connectivity index (χ4v) is 0.520. The lowest BCUT2D eigenvalue weighted by atomic mass is 10.2. The molecule has 0 aliphatic rings. The van der Waals surface area contributed by atoms with Gasteiger partial charge in [0.1, 0.15) is 0 Å². The molecule has 0 aromatic carbocycles. The van der Waals surface area contributed by atoms with Gasteiger partial charge in [-0.25, -0.2) is 0 Å². The standard InChI is InChI=1S/C9H12O/c1-3-5-6-7-8-9(10)4-2/h3-6H,1-2,7-8H2/b6-5+. The SMILES string of the molecule is C=C/C=C/CCC(=O)C=C. The summed E-state index contributed by atoms with van der Waals surface area (Å²) in [5.74, 6) is 0.0914. The molecule has 0 aromatic rings. The molecule has 0 unspecified atom stereocenters. The van der Waals surface area contributed by atoms with Crippen molar-refractivity contribution in [2.75, 3.05) is 0 Å². The van der Waals surface area contributed by atoms with Crippen LogP contribution in [-0.4, -0.2) is 5.78 Å². The van der Waals surface area contributed by atoms with Crippen LogP contribution in [0.2, 0.25) is 0 Å². The average molecular weight is 136 g/mol. The van der Waals surface area contributed by atoms with E-state index in [1.165, 1.54) is 6.08 Å². The van der Waals surface area contributed by atoms with Gasteiger partial charge in [-0.3, -0.25) is 4.79 Å². The van der Waals surface area contributed by atoms with Crippen LogP contribution in [0.5, 0.6) is 0 Å². The molecule has 1 heteroatoms. The number of hydrogen-bond donors (Lipinski definition) is 0. The van der Waals surface area contributed by atoms with Crippen LogP contribution in [0.3, 0.4) is 0 Å². The summed E-state index contributed by atoms with van der Waals surface area (Å²) in [6, 6.07) is 0. The summed E-state index contributed by atoms with van der Waals surface area (Å²) in [5, 5.41) is 0. The molecule has 0 saturated heterocycles. The van der Waals surface area contributed by atoms with Crippen LogP contribution >= 0.6 is 0 Å². The summed E-state index contributed by atoms with van der Waals surface area (Å²) in [6.45, 7) is 6.87. The van der Waals surface area contributed by atoms with E-state index in [-0.39, 0.29) is 5.78 Å². The van der Waals surface area contributed by atoms with E-state index in [9.17, 15) is 4.79 Å². The predicted molar refractivity (Wildman–Crippen MR) is 43.8 cm³/mol. The Bertz CT molecular complexity index is 154. The van der Waals surface area contributed by atoms with Gasteiger partial charge in [0.05, 0.1) is 0 Å². The molecule has 0 radical (unpaired) electrons. The molecule has 1 nitrogen and oxygen atoms in total. The molecule has 0 aromatic heterocycles. The van der Waals surface area contributed by atoms with Crippen LogP contribution in [0, 0.1) is 0 Å². The molecule has 0 atom stereocenters. The smallest absolute Gasteiger partial charge is 0.155 e. The highest BCUT2D eigenvalue weighted by Crippen LogP contribution is 1.92. The van der Waals surface area contributed by atoms with Crippen molar-refractivity contribution in [3.63, 3.8) is 0 Å². The van der Waals surface area contributed by atoms with E-state index in [1.54, 1.807) is 6.08 Å². The molecule has 0 bridgehead atoms. The molecule has 0 aliphatic carbocycles. The van der Waals surface area contributed by atoms with Gasteiger partial charge < -0.3 is 0 Å². The summed E-state index contributed by atoms with van der Waals surface area (Å²) >= 11 is 0. The monoisotopic (exact) mass is 136 g/mol. The second-order valence-corrected chi connectivity index (χ2v) is 1.87. The first-order valence-electron chi connectivity index (χ1n) is 3.24. The highest BCUT2D eigenvalue weighted by molar-refractivity contribution is 5.89. The van der Waals surface area contributed by atoms with E-state index in [0.717, 1.165) is 6.42 Å². The second-order valence-electron chi connectivity index (χ2n) is 1.87. The fraction of sp³-hybridized carbons (Fsp3) is 0.222. The van der Waals surface area contributed by atoms with Crippen molar-refractivity contribution in [2.45, 2.75) is 12.8 Å². The summed E-state index contributed by atoms with van der Waals surface area (Å²) in [6.07, 6.45) is 8.11. The predicted octanol–water partition coefficient (Wildman–Crippen LogP) is 2.26. The van der Waals surface area contributed by atoms with E-state index in [0.29, 0.717) is 6.42 Å². The Kier molecular flexibility index (Phi) is 5.35. The molecule has 0 saturated carbocycles. The quantitative estimate of drug-likeness (QED) is 0.418. The summed E-state index contributed by atoms with van der Waals surface area (Å²) in [4.78, 5) is 10.6. The van der Waals surface area contributed by atoms with Crippen molar-refractivity contribution in [2.24, 2.45) is 0 Å². The summed E-state index contributed by atoms with van der Waals surface area (Å²) < 4.78 is 0. The van der Waals surface area contributed by atoms with Gasteiger partial charge >= 0.3 is 0 Å². The maximum absolute atomic E-state index is 10.6. The van der Waals surface area contributed by atoms with E-state index in [1.807, 2.05) is 12.2 Å². The van der Waals surface area contributed by atoms with Crippen LogP contribution in [-0.2, 0) is 4.79 Å². The largest absolute Gasteiger partial charge is 0.295 e. The lowest BCUT2D eigenvalue weighted by Gasteiger charge is -1.86. The van der Waals surface area contributed by atoms with Gasteiger partial charge in [-0.1, -0.05) is 31.4 Å². The van der Waals surface area contributed by atoms with Crippen LogP contribution in [0.1, 0.15) is 12.8 Å². The Morgan fingerprint density at radius 3 is 2.60 bits per heavy atom. The zero-order valence-electron chi connectivity index (χ0n) is 6.05. The second kappa shape index (κ2) is 6.02. The maximum atomic E-state index is 10.6. The Labute approximate surface area is 61.8 Å². The van der Waals surface area contributed by atoms with Gasteiger partial charge in [0.15, 0.2) is 5.78 Å². The van der Waals surface area contributed by atoms with Crippen LogP contribution in [0.4, 0.5) is 0 Å². The number of carbonyl (C=O) groups is 1. The first kappa shape index (κ1) is 8.89. The Morgan fingerprint density at radius 1 is 1.40 bits per heavy atom. The zero-order valence-corrected chi connectivity index (χ0v) is 6.05. The number of carbonyl (C=O) groups excluding carboxylic acids is 1. The van der Waals surface area contributed by atoms with E-state index in [2.05, 4.69) is 13.2 Å².